The van der Waals surface area contributed by atoms with Crippen LogP contribution in [-0.2, 0) is 4.74 Å². The monoisotopic (exact) mass is 189 g/mol. The summed E-state index contributed by atoms with van der Waals surface area (Å²) < 4.78 is 5.08. The Balaban J connectivity index is 2.06. The number of nitrogens with zero attached hydrogens (tertiary/aromatic N) is 1. The minimum atomic E-state index is -0.550. The van der Waals surface area contributed by atoms with Crippen LogP contribution in [0.4, 0.5) is 0 Å². The highest BCUT2D eigenvalue weighted by molar-refractivity contribution is 4.91. The number of hydrogen-bond acceptors (Lipinski definition) is 4. The average molecular weight is 189 g/mol. The Labute approximate surface area is 79.1 Å². The maximum absolute atomic E-state index is 9.44. The highest BCUT2D eigenvalue weighted by atomic mass is 16.5. The summed E-state index contributed by atoms with van der Waals surface area (Å²) in [5, 5.41) is 18.9. The number of hydrogen-bond donors (Lipinski definition) is 2. The van der Waals surface area contributed by atoms with E-state index in [1.807, 2.05) is 11.8 Å². The molecule has 1 unspecified atom stereocenters. The molecule has 0 saturated carbocycles. The lowest BCUT2D eigenvalue weighted by Gasteiger charge is -2.44. The van der Waals surface area contributed by atoms with Crippen LogP contribution in [0.2, 0.25) is 0 Å². The number of aliphatic hydroxyl groups excluding tert-OH is 1. The summed E-state index contributed by atoms with van der Waals surface area (Å²) in [6, 6.07) is 0. The van der Waals surface area contributed by atoms with E-state index in [-0.39, 0.29) is 0 Å². The molecule has 78 valence electrons. The Bertz CT molecular complexity index is 153. The summed E-state index contributed by atoms with van der Waals surface area (Å²) in [5.74, 6) is 0. The van der Waals surface area contributed by atoms with E-state index in [2.05, 4.69) is 0 Å². The molecule has 0 aromatic heterocycles. The van der Waals surface area contributed by atoms with Crippen molar-refractivity contribution in [2.45, 2.75) is 25.6 Å². The fraction of sp³-hybridized carbons (Fsp3) is 1.00. The minimum Gasteiger partial charge on any atom is -0.389 e. The first kappa shape index (κ1) is 10.9. The van der Waals surface area contributed by atoms with Crippen LogP contribution in [0.5, 0.6) is 0 Å². The van der Waals surface area contributed by atoms with Gasteiger partial charge in [-0.3, -0.25) is 4.90 Å². The van der Waals surface area contributed by atoms with Gasteiger partial charge in [0.25, 0.3) is 0 Å². The molecule has 1 aliphatic rings. The summed E-state index contributed by atoms with van der Waals surface area (Å²) in [6.07, 6.45) is -0.434. The summed E-state index contributed by atoms with van der Waals surface area (Å²) >= 11 is 0. The molecule has 0 bridgehead atoms. The van der Waals surface area contributed by atoms with Crippen LogP contribution in [0.1, 0.15) is 13.8 Å². The molecule has 1 saturated heterocycles. The first-order chi connectivity index (χ1) is 6.03. The van der Waals surface area contributed by atoms with E-state index in [1.165, 1.54) is 0 Å². The average Bonchev–Trinajstić information content (AvgIpc) is 1.97. The van der Waals surface area contributed by atoms with Gasteiger partial charge in [-0.15, -0.1) is 0 Å². The second-order valence-corrected chi connectivity index (χ2v) is 3.98. The Kier molecular flexibility index (Phi) is 3.67. The van der Waals surface area contributed by atoms with Crippen molar-refractivity contribution in [3.8, 4) is 0 Å². The maximum Gasteiger partial charge on any atom is 0.0900 e. The molecule has 4 heteroatoms. The van der Waals surface area contributed by atoms with E-state index < -0.39 is 11.7 Å². The van der Waals surface area contributed by atoms with Crippen molar-refractivity contribution in [3.63, 3.8) is 0 Å². The van der Waals surface area contributed by atoms with Crippen molar-refractivity contribution in [1.82, 2.24) is 4.90 Å². The normalized spacial score (nSPS) is 24.0. The largest absolute Gasteiger partial charge is 0.389 e. The summed E-state index contributed by atoms with van der Waals surface area (Å²) in [5.41, 5.74) is -0.550. The molecule has 1 heterocycles. The first-order valence-corrected chi connectivity index (χ1v) is 4.74. The highest BCUT2D eigenvalue weighted by Crippen LogP contribution is 2.19. The zero-order valence-corrected chi connectivity index (χ0v) is 8.36. The summed E-state index contributed by atoms with van der Waals surface area (Å²) in [6.45, 7) is 6.62. The van der Waals surface area contributed by atoms with Gasteiger partial charge in [-0.2, -0.15) is 0 Å². The Morgan fingerprint density at radius 1 is 1.54 bits per heavy atom. The molecular weight excluding hydrogens is 170 g/mol. The molecule has 0 spiro atoms. The lowest BCUT2D eigenvalue weighted by Crippen LogP contribution is -2.61. The van der Waals surface area contributed by atoms with Crippen LogP contribution in [0.15, 0.2) is 0 Å². The fourth-order valence-corrected chi connectivity index (χ4v) is 1.65. The van der Waals surface area contributed by atoms with Crippen LogP contribution in [0.25, 0.3) is 0 Å². The molecular formula is C9H19NO3. The van der Waals surface area contributed by atoms with Gasteiger partial charge < -0.3 is 14.9 Å². The molecule has 0 amide bonds. The lowest BCUT2D eigenvalue weighted by atomic mass is 9.97. The quantitative estimate of drug-likeness (QED) is 0.609. The second kappa shape index (κ2) is 4.37. The second-order valence-electron chi connectivity index (χ2n) is 3.98. The van der Waals surface area contributed by atoms with E-state index in [0.29, 0.717) is 32.8 Å². The van der Waals surface area contributed by atoms with Gasteiger partial charge >= 0.3 is 0 Å². The number of β-amino-alcohol motifs (C(OH)–C–C–N with tert-alkyl or cyclic N) is 2. The SMILES string of the molecule is CCOCC(O)CN1CC(C)(O)C1. The maximum atomic E-state index is 9.44. The number of rotatable bonds is 5. The Hall–Kier alpha value is -0.160. The smallest absolute Gasteiger partial charge is 0.0900 e. The van der Waals surface area contributed by atoms with Gasteiger partial charge in [-0.1, -0.05) is 0 Å². The van der Waals surface area contributed by atoms with Crippen molar-refractivity contribution < 1.29 is 14.9 Å². The summed E-state index contributed by atoms with van der Waals surface area (Å²) in [4.78, 5) is 2.02. The zero-order valence-electron chi connectivity index (χ0n) is 8.36. The molecule has 0 aliphatic carbocycles. The number of likely N-dealkylation sites (tertiary alicyclic amines) is 1. The van der Waals surface area contributed by atoms with Crippen molar-refractivity contribution in [3.05, 3.63) is 0 Å². The number of ether oxygens (including phenoxy) is 1. The van der Waals surface area contributed by atoms with Crippen LogP contribution in [-0.4, -0.2) is 59.7 Å². The van der Waals surface area contributed by atoms with Gasteiger partial charge in [-0.05, 0) is 13.8 Å². The summed E-state index contributed by atoms with van der Waals surface area (Å²) in [7, 11) is 0. The van der Waals surface area contributed by atoms with Crippen molar-refractivity contribution in [2.24, 2.45) is 0 Å². The molecule has 0 aromatic rings. The fourth-order valence-electron chi connectivity index (χ4n) is 1.65. The van der Waals surface area contributed by atoms with Gasteiger partial charge in [0.15, 0.2) is 0 Å². The molecule has 1 aliphatic heterocycles. The van der Waals surface area contributed by atoms with Crippen LogP contribution < -0.4 is 0 Å². The van der Waals surface area contributed by atoms with E-state index in [0.717, 1.165) is 0 Å². The molecule has 13 heavy (non-hydrogen) atoms. The van der Waals surface area contributed by atoms with Crippen molar-refractivity contribution in [2.75, 3.05) is 32.8 Å². The van der Waals surface area contributed by atoms with Crippen LogP contribution >= 0.6 is 0 Å². The predicted octanol–water partition coefficient (Wildman–Crippen LogP) is -0.550. The third-order valence-electron chi connectivity index (χ3n) is 2.11. The van der Waals surface area contributed by atoms with E-state index in [9.17, 15) is 10.2 Å². The van der Waals surface area contributed by atoms with Gasteiger partial charge in [0, 0.05) is 26.2 Å². The zero-order chi connectivity index (χ0) is 9.90. The Morgan fingerprint density at radius 3 is 2.62 bits per heavy atom. The molecule has 1 rings (SSSR count). The minimum absolute atomic E-state index is 0.384. The third kappa shape index (κ3) is 3.60. The molecule has 0 aromatic carbocycles. The van der Waals surface area contributed by atoms with Crippen LogP contribution in [0.3, 0.4) is 0 Å². The van der Waals surface area contributed by atoms with E-state index in [4.69, 9.17) is 4.74 Å². The van der Waals surface area contributed by atoms with Gasteiger partial charge in [-0.25, -0.2) is 0 Å². The lowest BCUT2D eigenvalue weighted by molar-refractivity contribution is -0.101. The van der Waals surface area contributed by atoms with Crippen molar-refractivity contribution >= 4 is 0 Å². The number of aliphatic hydroxyl groups is 2. The molecule has 1 atom stereocenters. The third-order valence-corrected chi connectivity index (χ3v) is 2.11. The van der Waals surface area contributed by atoms with Crippen molar-refractivity contribution in [1.29, 1.82) is 0 Å². The first-order valence-electron chi connectivity index (χ1n) is 4.74. The molecule has 2 N–H and O–H groups in total. The predicted molar refractivity (Wildman–Crippen MR) is 49.6 cm³/mol. The van der Waals surface area contributed by atoms with Gasteiger partial charge in [0.2, 0.25) is 0 Å². The van der Waals surface area contributed by atoms with E-state index >= 15 is 0 Å². The highest BCUT2D eigenvalue weighted by Gasteiger charge is 2.36. The van der Waals surface area contributed by atoms with Gasteiger partial charge in [0.05, 0.1) is 18.3 Å². The van der Waals surface area contributed by atoms with Crippen LogP contribution in [0, 0.1) is 0 Å². The van der Waals surface area contributed by atoms with Gasteiger partial charge in [0.1, 0.15) is 0 Å². The Morgan fingerprint density at radius 2 is 2.15 bits per heavy atom. The topological polar surface area (TPSA) is 52.9 Å². The molecule has 4 nitrogen and oxygen atoms in total. The van der Waals surface area contributed by atoms with E-state index in [1.54, 1.807) is 6.92 Å². The molecule has 0 radical (unpaired) electrons. The molecule has 1 fully saturated rings. The standard InChI is InChI=1S/C9H19NO3/c1-3-13-5-8(11)4-10-6-9(2,12)7-10/h8,11-12H,3-7H2,1-2H3.